The van der Waals surface area contributed by atoms with Crippen molar-refractivity contribution in [3.05, 3.63) is 21.6 Å². The van der Waals surface area contributed by atoms with Crippen molar-refractivity contribution in [2.45, 2.75) is 26.3 Å². The van der Waals surface area contributed by atoms with Gasteiger partial charge in [-0.05, 0) is 19.8 Å². The van der Waals surface area contributed by atoms with E-state index in [9.17, 15) is 9.59 Å². The Balaban J connectivity index is 2.29. The maximum Gasteiger partial charge on any atom is 0.308 e. The number of rotatable bonds is 3. The first-order valence-corrected chi connectivity index (χ1v) is 6.65. The van der Waals surface area contributed by atoms with Crippen molar-refractivity contribution in [2.24, 2.45) is 5.92 Å². The molecule has 1 fully saturated rings. The van der Waals surface area contributed by atoms with E-state index in [2.05, 4.69) is 5.10 Å². The molecule has 0 radical (unpaired) electrons. The molecule has 0 aromatic carbocycles. The van der Waals surface area contributed by atoms with Crippen LogP contribution in [-0.2, 0) is 11.3 Å². The molecule has 2 rings (SSSR count). The van der Waals surface area contributed by atoms with Crippen molar-refractivity contribution < 1.29 is 9.90 Å². The lowest BCUT2D eigenvalue weighted by Gasteiger charge is -2.32. The fourth-order valence-corrected chi connectivity index (χ4v) is 2.57. The van der Waals surface area contributed by atoms with E-state index in [1.807, 2.05) is 11.8 Å². The predicted octanol–water partition coefficient (Wildman–Crippen LogP) is 1.22. The molecule has 0 aliphatic carbocycles. The number of hydrogen-bond acceptors (Lipinski definition) is 4. The molecule has 1 aromatic heterocycles. The highest BCUT2D eigenvalue weighted by Gasteiger charge is 2.27. The van der Waals surface area contributed by atoms with Crippen LogP contribution in [0.1, 0.15) is 19.8 Å². The smallest absolute Gasteiger partial charge is 0.308 e. The molecule has 1 aromatic rings. The average molecular weight is 286 g/mol. The Kier molecular flexibility index (Phi) is 4.09. The lowest BCUT2D eigenvalue weighted by Crippen LogP contribution is -2.40. The van der Waals surface area contributed by atoms with Crippen molar-refractivity contribution in [3.8, 4) is 0 Å². The quantitative estimate of drug-likeness (QED) is 0.904. The number of aromatic nitrogens is 2. The minimum atomic E-state index is -0.810. The highest BCUT2D eigenvalue weighted by Crippen LogP contribution is 2.26. The van der Waals surface area contributed by atoms with Gasteiger partial charge < -0.3 is 10.0 Å². The molecule has 0 saturated carbocycles. The summed E-state index contributed by atoms with van der Waals surface area (Å²) < 4.78 is 1.28. The van der Waals surface area contributed by atoms with Crippen LogP contribution in [0.3, 0.4) is 0 Å². The summed E-state index contributed by atoms with van der Waals surface area (Å²) in [5.41, 5.74) is 0.196. The van der Waals surface area contributed by atoms with Crippen LogP contribution in [0.4, 0.5) is 5.69 Å². The number of piperidine rings is 1. The van der Waals surface area contributed by atoms with E-state index in [4.69, 9.17) is 16.7 Å². The van der Waals surface area contributed by atoms with Gasteiger partial charge in [-0.15, -0.1) is 0 Å². The summed E-state index contributed by atoms with van der Waals surface area (Å²) >= 11 is 6.08. The van der Waals surface area contributed by atoms with Gasteiger partial charge >= 0.3 is 5.97 Å². The molecule has 0 spiro atoms. The number of aliphatic carboxylic acids is 1. The Morgan fingerprint density at radius 1 is 1.63 bits per heavy atom. The van der Waals surface area contributed by atoms with Crippen LogP contribution in [0.2, 0.25) is 5.02 Å². The van der Waals surface area contributed by atoms with Crippen LogP contribution in [0.25, 0.3) is 0 Å². The Hall–Kier alpha value is -1.56. The summed E-state index contributed by atoms with van der Waals surface area (Å²) in [5.74, 6) is -1.23. The van der Waals surface area contributed by atoms with Crippen LogP contribution in [-0.4, -0.2) is 33.9 Å². The molecule has 6 nitrogen and oxygen atoms in total. The lowest BCUT2D eigenvalue weighted by molar-refractivity contribution is -0.141. The average Bonchev–Trinajstić information content (AvgIpc) is 2.42. The molecule has 0 unspecified atom stereocenters. The zero-order valence-electron chi connectivity index (χ0n) is 10.7. The molecule has 1 N–H and O–H groups in total. The van der Waals surface area contributed by atoms with Crippen molar-refractivity contribution in [1.29, 1.82) is 0 Å². The molecule has 19 heavy (non-hydrogen) atoms. The van der Waals surface area contributed by atoms with Crippen molar-refractivity contribution in [3.63, 3.8) is 0 Å². The van der Waals surface area contributed by atoms with Gasteiger partial charge in [-0.1, -0.05) is 11.6 Å². The molecule has 104 valence electrons. The summed E-state index contributed by atoms with van der Waals surface area (Å²) in [4.78, 5) is 24.8. The number of nitrogens with zero attached hydrogens (tertiary/aromatic N) is 3. The first-order chi connectivity index (χ1) is 9.04. The molecule has 0 bridgehead atoms. The monoisotopic (exact) mass is 285 g/mol. The van der Waals surface area contributed by atoms with Crippen LogP contribution < -0.4 is 10.5 Å². The van der Waals surface area contributed by atoms with Gasteiger partial charge in [0.1, 0.15) is 5.02 Å². The Morgan fingerprint density at radius 3 is 3.00 bits per heavy atom. The maximum absolute atomic E-state index is 11.9. The van der Waals surface area contributed by atoms with Gasteiger partial charge in [0, 0.05) is 19.6 Å². The van der Waals surface area contributed by atoms with E-state index >= 15 is 0 Å². The Labute approximate surface area is 115 Å². The SMILES string of the molecule is CCn1ncc(N2CCC[C@H](C(=O)O)C2)c(Cl)c1=O. The molecular formula is C12H16ClN3O3. The summed E-state index contributed by atoms with van der Waals surface area (Å²) in [6.45, 7) is 3.33. The zero-order valence-corrected chi connectivity index (χ0v) is 11.4. The third-order valence-corrected chi connectivity index (χ3v) is 3.73. The normalized spacial score (nSPS) is 19.5. The van der Waals surface area contributed by atoms with E-state index in [1.54, 1.807) is 0 Å². The topological polar surface area (TPSA) is 75.4 Å². The summed E-state index contributed by atoms with van der Waals surface area (Å²) in [6, 6.07) is 0. The number of anilines is 1. The van der Waals surface area contributed by atoms with Gasteiger partial charge in [0.15, 0.2) is 0 Å². The van der Waals surface area contributed by atoms with Gasteiger partial charge in [-0.25, -0.2) is 4.68 Å². The fourth-order valence-electron chi connectivity index (χ4n) is 2.30. The molecule has 2 heterocycles. The lowest BCUT2D eigenvalue weighted by atomic mass is 9.98. The van der Waals surface area contributed by atoms with Crippen molar-refractivity contribution >= 4 is 23.3 Å². The van der Waals surface area contributed by atoms with Crippen LogP contribution in [0, 0.1) is 5.92 Å². The highest BCUT2D eigenvalue weighted by atomic mass is 35.5. The third kappa shape index (κ3) is 2.73. The summed E-state index contributed by atoms with van der Waals surface area (Å²) in [7, 11) is 0. The molecule has 1 aliphatic rings. The number of aryl methyl sites for hydroxylation is 1. The molecular weight excluding hydrogens is 270 g/mol. The minimum Gasteiger partial charge on any atom is -0.481 e. The second-order valence-corrected chi connectivity index (χ2v) is 4.97. The first kappa shape index (κ1) is 13.9. The molecule has 1 aliphatic heterocycles. The van der Waals surface area contributed by atoms with E-state index in [1.165, 1.54) is 10.9 Å². The number of carboxylic acid groups (broad SMARTS) is 1. The van der Waals surface area contributed by atoms with Gasteiger partial charge in [-0.3, -0.25) is 9.59 Å². The van der Waals surface area contributed by atoms with Crippen LogP contribution in [0.5, 0.6) is 0 Å². The standard InChI is InChI=1S/C12H16ClN3O3/c1-2-16-11(17)10(13)9(6-14-16)15-5-3-4-8(7-15)12(18)19/h6,8H,2-5,7H2,1H3,(H,18,19)/t8-/m0/s1. The van der Waals surface area contributed by atoms with Crippen LogP contribution in [0.15, 0.2) is 11.0 Å². The molecule has 1 saturated heterocycles. The molecule has 7 heteroatoms. The van der Waals surface area contributed by atoms with E-state index in [-0.39, 0.29) is 10.6 Å². The molecule has 0 amide bonds. The Morgan fingerprint density at radius 2 is 2.37 bits per heavy atom. The number of halogens is 1. The third-order valence-electron chi connectivity index (χ3n) is 3.38. The maximum atomic E-state index is 11.9. The zero-order chi connectivity index (χ0) is 14.0. The van der Waals surface area contributed by atoms with Crippen LogP contribution >= 0.6 is 11.6 Å². The second-order valence-electron chi connectivity index (χ2n) is 4.59. The summed E-state index contributed by atoms with van der Waals surface area (Å²) in [5, 5.41) is 13.2. The largest absolute Gasteiger partial charge is 0.481 e. The van der Waals surface area contributed by atoms with Crippen molar-refractivity contribution in [1.82, 2.24) is 9.78 Å². The Bertz CT molecular complexity index is 544. The van der Waals surface area contributed by atoms with Gasteiger partial charge in [0.2, 0.25) is 0 Å². The second kappa shape index (κ2) is 5.61. The number of carboxylic acids is 1. The van der Waals surface area contributed by atoms with E-state index < -0.39 is 11.9 Å². The number of hydrogen-bond donors (Lipinski definition) is 1. The van der Waals surface area contributed by atoms with Gasteiger partial charge in [0.25, 0.3) is 5.56 Å². The first-order valence-electron chi connectivity index (χ1n) is 6.28. The minimum absolute atomic E-state index is 0.114. The van der Waals surface area contributed by atoms with Crippen molar-refractivity contribution in [2.75, 3.05) is 18.0 Å². The number of carbonyl (C=O) groups is 1. The van der Waals surface area contributed by atoms with E-state index in [0.717, 1.165) is 6.42 Å². The summed E-state index contributed by atoms with van der Waals surface area (Å²) in [6.07, 6.45) is 2.96. The van der Waals surface area contributed by atoms with E-state index in [0.29, 0.717) is 31.7 Å². The molecule has 1 atom stereocenters. The predicted molar refractivity (Wildman–Crippen MR) is 71.8 cm³/mol. The van der Waals surface area contributed by atoms with Gasteiger partial charge in [0.05, 0.1) is 17.8 Å². The fraction of sp³-hybridized carbons (Fsp3) is 0.583. The highest BCUT2D eigenvalue weighted by molar-refractivity contribution is 6.33. The van der Waals surface area contributed by atoms with Gasteiger partial charge in [-0.2, -0.15) is 5.10 Å².